The van der Waals surface area contributed by atoms with E-state index in [4.69, 9.17) is 15.3 Å². The summed E-state index contributed by atoms with van der Waals surface area (Å²) >= 11 is 0. The average Bonchev–Trinajstić information content (AvgIpc) is 2.64. The van der Waals surface area contributed by atoms with Gasteiger partial charge in [-0.05, 0) is 43.3 Å². The van der Waals surface area contributed by atoms with E-state index in [2.05, 4.69) is 5.10 Å². The van der Waals surface area contributed by atoms with Crippen LogP contribution in [0.5, 0.6) is 5.75 Å². The van der Waals surface area contributed by atoms with Gasteiger partial charge < -0.3 is 15.3 Å². The smallest absolute Gasteiger partial charge is 0.359 e. The van der Waals surface area contributed by atoms with Gasteiger partial charge in [0.25, 0.3) is 5.69 Å². The zero-order chi connectivity index (χ0) is 19.1. The largest absolute Gasteiger partial charge is 0.461 e. The standard InChI is InChI=1S/C17H15N3O6/c1-2-25-17(22)15(19-18)11-5-9-14(10-6-11)26-16(21)12-3-7-13(8-4-12)20(23)24/h3-10H,2,18H2,1H3/b19-15+. The highest BCUT2D eigenvalue weighted by Crippen LogP contribution is 2.17. The Labute approximate surface area is 148 Å². The number of nitro benzene ring substituents is 1. The summed E-state index contributed by atoms with van der Waals surface area (Å²) in [7, 11) is 0. The molecule has 0 amide bonds. The maximum atomic E-state index is 12.1. The van der Waals surface area contributed by atoms with E-state index in [0.29, 0.717) is 5.56 Å². The van der Waals surface area contributed by atoms with E-state index in [1.54, 1.807) is 6.92 Å². The number of hydrazone groups is 1. The highest BCUT2D eigenvalue weighted by molar-refractivity contribution is 6.43. The lowest BCUT2D eigenvalue weighted by Crippen LogP contribution is -2.20. The van der Waals surface area contributed by atoms with Gasteiger partial charge in [0.05, 0.1) is 17.1 Å². The number of carbonyl (C=O) groups excluding carboxylic acids is 2. The molecule has 0 radical (unpaired) electrons. The Bertz CT molecular complexity index is 844. The molecule has 0 bridgehead atoms. The summed E-state index contributed by atoms with van der Waals surface area (Å²) in [6, 6.07) is 10.9. The lowest BCUT2D eigenvalue weighted by Gasteiger charge is -2.07. The van der Waals surface area contributed by atoms with Crippen molar-refractivity contribution in [3.8, 4) is 5.75 Å². The molecule has 0 heterocycles. The molecule has 134 valence electrons. The Kier molecular flexibility index (Phi) is 5.99. The van der Waals surface area contributed by atoms with E-state index in [0.717, 1.165) is 0 Å². The fourth-order valence-electron chi connectivity index (χ4n) is 2.01. The molecule has 26 heavy (non-hydrogen) atoms. The number of esters is 2. The molecule has 9 nitrogen and oxygen atoms in total. The maximum Gasteiger partial charge on any atom is 0.359 e. The third kappa shape index (κ3) is 4.41. The van der Waals surface area contributed by atoms with E-state index < -0.39 is 16.9 Å². The minimum Gasteiger partial charge on any atom is -0.461 e. The number of nitrogens with zero attached hydrogens (tertiary/aromatic N) is 2. The quantitative estimate of drug-likeness (QED) is 0.209. The molecular weight excluding hydrogens is 342 g/mol. The highest BCUT2D eigenvalue weighted by Gasteiger charge is 2.16. The van der Waals surface area contributed by atoms with Crippen molar-refractivity contribution in [2.75, 3.05) is 6.61 Å². The van der Waals surface area contributed by atoms with Crippen molar-refractivity contribution >= 4 is 23.3 Å². The Morgan fingerprint density at radius 1 is 1.08 bits per heavy atom. The summed E-state index contributed by atoms with van der Waals surface area (Å²) in [6.45, 7) is 1.84. The van der Waals surface area contributed by atoms with E-state index in [-0.39, 0.29) is 29.3 Å². The minimum atomic E-state index is -0.675. The third-order valence-electron chi connectivity index (χ3n) is 3.25. The van der Waals surface area contributed by atoms with Crippen molar-refractivity contribution in [1.29, 1.82) is 0 Å². The van der Waals surface area contributed by atoms with Gasteiger partial charge in [-0.1, -0.05) is 0 Å². The Morgan fingerprint density at radius 3 is 2.15 bits per heavy atom. The number of benzene rings is 2. The SMILES string of the molecule is CCOC(=O)/C(=N/N)c1ccc(OC(=O)c2ccc([N+](=O)[O-])cc2)cc1. The molecule has 2 N–H and O–H groups in total. The zero-order valence-electron chi connectivity index (χ0n) is 13.7. The summed E-state index contributed by atoms with van der Waals surface area (Å²) in [4.78, 5) is 33.8. The lowest BCUT2D eigenvalue weighted by molar-refractivity contribution is -0.384. The summed E-state index contributed by atoms with van der Waals surface area (Å²) in [5.41, 5.74) is 0.384. The van der Waals surface area contributed by atoms with Crippen molar-refractivity contribution in [3.05, 3.63) is 69.8 Å². The van der Waals surface area contributed by atoms with Gasteiger partial charge in [-0.2, -0.15) is 5.10 Å². The van der Waals surface area contributed by atoms with Crippen LogP contribution in [0.3, 0.4) is 0 Å². The first-order valence-corrected chi connectivity index (χ1v) is 7.48. The van der Waals surface area contributed by atoms with E-state index >= 15 is 0 Å². The molecule has 0 saturated heterocycles. The molecule has 9 heteroatoms. The second-order valence-corrected chi connectivity index (χ2v) is 4.92. The van der Waals surface area contributed by atoms with Crippen LogP contribution in [0.4, 0.5) is 5.69 Å². The van der Waals surface area contributed by atoms with E-state index in [9.17, 15) is 19.7 Å². The molecule has 0 unspecified atom stereocenters. The van der Waals surface area contributed by atoms with Gasteiger partial charge in [0.1, 0.15) is 5.75 Å². The normalized spacial score (nSPS) is 10.9. The summed E-state index contributed by atoms with van der Waals surface area (Å²) in [6.07, 6.45) is 0. The predicted octanol–water partition coefficient (Wildman–Crippen LogP) is 2.04. The molecule has 0 aliphatic carbocycles. The van der Waals surface area contributed by atoms with Gasteiger partial charge in [-0.25, -0.2) is 9.59 Å². The molecule has 0 fully saturated rings. The van der Waals surface area contributed by atoms with Crippen molar-refractivity contribution in [1.82, 2.24) is 0 Å². The second-order valence-electron chi connectivity index (χ2n) is 4.92. The van der Waals surface area contributed by atoms with Crippen LogP contribution in [-0.4, -0.2) is 29.2 Å². The lowest BCUT2D eigenvalue weighted by atomic mass is 10.1. The first kappa shape index (κ1) is 18.6. The molecule has 0 saturated carbocycles. The fraction of sp³-hybridized carbons (Fsp3) is 0.118. The Hall–Kier alpha value is -3.75. The summed E-state index contributed by atoms with van der Waals surface area (Å²) < 4.78 is 10.0. The fourth-order valence-corrected chi connectivity index (χ4v) is 2.01. The van der Waals surface area contributed by atoms with Gasteiger partial charge in [-0.15, -0.1) is 0 Å². The van der Waals surface area contributed by atoms with Crippen molar-refractivity contribution < 1.29 is 24.0 Å². The minimum absolute atomic E-state index is 0.0555. The molecule has 0 aromatic heterocycles. The second kappa shape index (κ2) is 8.38. The summed E-state index contributed by atoms with van der Waals surface area (Å²) in [5, 5.41) is 14.0. The number of hydrogen-bond donors (Lipinski definition) is 1. The molecule has 0 aliphatic heterocycles. The number of nitrogens with two attached hydrogens (primary N) is 1. The van der Waals surface area contributed by atoms with Gasteiger partial charge in [-0.3, -0.25) is 10.1 Å². The van der Waals surface area contributed by atoms with Gasteiger partial charge in [0.2, 0.25) is 0 Å². The number of carbonyl (C=O) groups is 2. The zero-order valence-corrected chi connectivity index (χ0v) is 13.7. The first-order valence-electron chi connectivity index (χ1n) is 7.48. The van der Waals surface area contributed by atoms with E-state index in [1.165, 1.54) is 48.5 Å². The van der Waals surface area contributed by atoms with Gasteiger partial charge >= 0.3 is 11.9 Å². The maximum absolute atomic E-state index is 12.1. The summed E-state index contributed by atoms with van der Waals surface area (Å²) in [5.74, 6) is 4.10. The molecule has 2 aromatic rings. The predicted molar refractivity (Wildman–Crippen MR) is 91.9 cm³/mol. The Morgan fingerprint density at radius 2 is 1.65 bits per heavy atom. The molecule has 0 aliphatic rings. The number of rotatable bonds is 6. The van der Waals surface area contributed by atoms with Crippen molar-refractivity contribution in [2.24, 2.45) is 10.9 Å². The molecular formula is C17H15N3O6. The van der Waals surface area contributed by atoms with Crippen LogP contribution in [0.2, 0.25) is 0 Å². The highest BCUT2D eigenvalue weighted by atomic mass is 16.6. The van der Waals surface area contributed by atoms with Crippen LogP contribution >= 0.6 is 0 Å². The van der Waals surface area contributed by atoms with Crippen molar-refractivity contribution in [3.63, 3.8) is 0 Å². The molecule has 0 atom stereocenters. The number of ether oxygens (including phenoxy) is 2. The average molecular weight is 357 g/mol. The molecule has 0 spiro atoms. The number of nitro groups is 1. The number of non-ortho nitro benzene ring substituents is 1. The van der Waals surface area contributed by atoms with Crippen molar-refractivity contribution in [2.45, 2.75) is 6.92 Å². The first-order chi connectivity index (χ1) is 12.5. The van der Waals surface area contributed by atoms with E-state index in [1.807, 2.05) is 0 Å². The van der Waals surface area contributed by atoms with Crippen LogP contribution in [0.25, 0.3) is 0 Å². The van der Waals surface area contributed by atoms with Crippen LogP contribution in [0.15, 0.2) is 53.6 Å². The van der Waals surface area contributed by atoms with Gasteiger partial charge in [0, 0.05) is 17.7 Å². The van der Waals surface area contributed by atoms with Crippen LogP contribution in [-0.2, 0) is 9.53 Å². The van der Waals surface area contributed by atoms with Crippen LogP contribution < -0.4 is 10.6 Å². The molecule has 2 rings (SSSR count). The molecule has 2 aromatic carbocycles. The topological polar surface area (TPSA) is 134 Å². The van der Waals surface area contributed by atoms with Gasteiger partial charge in [0.15, 0.2) is 5.71 Å². The van der Waals surface area contributed by atoms with Crippen LogP contribution in [0, 0.1) is 10.1 Å². The monoisotopic (exact) mass is 357 g/mol. The number of hydrogen-bond acceptors (Lipinski definition) is 8. The third-order valence-corrected chi connectivity index (χ3v) is 3.25. The Balaban J connectivity index is 2.09. The van der Waals surface area contributed by atoms with Crippen LogP contribution in [0.1, 0.15) is 22.8 Å².